The van der Waals surface area contributed by atoms with Crippen molar-refractivity contribution in [1.29, 1.82) is 0 Å². The van der Waals surface area contributed by atoms with E-state index in [4.69, 9.17) is 9.84 Å². The zero-order valence-electron chi connectivity index (χ0n) is 19.9. The van der Waals surface area contributed by atoms with Crippen LogP contribution in [0.15, 0.2) is 35.3 Å². The molecule has 2 unspecified atom stereocenters. The number of aromatic nitrogens is 4. The zero-order valence-corrected chi connectivity index (χ0v) is 19.9. The second kappa shape index (κ2) is 9.15. The maximum Gasteiger partial charge on any atom is 0.276 e. The average molecular weight is 463 g/mol. The van der Waals surface area contributed by atoms with Crippen molar-refractivity contribution < 1.29 is 4.74 Å². The number of H-pyrrole nitrogens is 1. The number of hydrogen-bond donors (Lipinski definition) is 1. The van der Waals surface area contributed by atoms with Gasteiger partial charge in [-0.3, -0.25) is 9.69 Å². The second-order valence-corrected chi connectivity index (χ2v) is 10.3. The van der Waals surface area contributed by atoms with Gasteiger partial charge in [-0.15, -0.1) is 0 Å². The summed E-state index contributed by atoms with van der Waals surface area (Å²) in [7, 11) is 0. The molecular formula is C26H34N6O2. The minimum atomic E-state index is -0.0974. The minimum Gasteiger partial charge on any atom is -0.381 e. The predicted molar refractivity (Wildman–Crippen MR) is 131 cm³/mol. The predicted octanol–water partition coefficient (Wildman–Crippen LogP) is 3.15. The lowest BCUT2D eigenvalue weighted by Gasteiger charge is -2.21. The third kappa shape index (κ3) is 4.14. The molecule has 0 aliphatic carbocycles. The molecule has 0 amide bonds. The Kier molecular flexibility index (Phi) is 5.87. The summed E-state index contributed by atoms with van der Waals surface area (Å²) in [6.07, 6.45) is 6.09. The molecule has 0 bridgehead atoms. The van der Waals surface area contributed by atoms with E-state index in [0.29, 0.717) is 17.4 Å². The van der Waals surface area contributed by atoms with Gasteiger partial charge in [0.2, 0.25) is 0 Å². The van der Waals surface area contributed by atoms with Crippen molar-refractivity contribution in [2.75, 3.05) is 44.3 Å². The standard InChI is InChI=1S/C26H34N6O2/c1-18-15-30(16-19-5-4-6-21(13-19)31-9-2-3-10-31)17-22(18)24-28-26(33)23-14-27-25(32(23)29-24)20-7-11-34-12-8-20/h4-6,13-14,18,20,22H,2-3,7-12,15-17H2,1H3,(H,28,29,33). The van der Waals surface area contributed by atoms with Gasteiger partial charge in [0.1, 0.15) is 11.6 Å². The average Bonchev–Trinajstić information content (AvgIpc) is 3.60. The number of ether oxygens (including phenoxy) is 1. The molecule has 180 valence electrons. The van der Waals surface area contributed by atoms with Crippen LogP contribution in [0.5, 0.6) is 0 Å². The number of fused-ring (bicyclic) bond motifs is 1. The van der Waals surface area contributed by atoms with E-state index in [1.165, 1.54) is 24.1 Å². The Bertz CT molecular complexity index is 1210. The normalized spacial score (nSPS) is 24.4. The lowest BCUT2D eigenvalue weighted by molar-refractivity contribution is 0.0832. The Morgan fingerprint density at radius 2 is 1.97 bits per heavy atom. The fourth-order valence-electron chi connectivity index (χ4n) is 5.97. The van der Waals surface area contributed by atoms with Gasteiger partial charge >= 0.3 is 0 Å². The van der Waals surface area contributed by atoms with Crippen LogP contribution in [0.25, 0.3) is 5.52 Å². The number of aromatic amines is 1. The molecular weight excluding hydrogens is 428 g/mol. The van der Waals surface area contributed by atoms with E-state index >= 15 is 0 Å². The number of nitrogens with one attached hydrogen (secondary N) is 1. The van der Waals surface area contributed by atoms with E-state index in [2.05, 4.69) is 51.0 Å². The van der Waals surface area contributed by atoms with Crippen molar-refractivity contribution in [3.63, 3.8) is 0 Å². The SMILES string of the molecule is CC1CN(Cc2cccc(N3CCCC3)c2)CC1c1nn2c(C3CCOCC3)ncc2c(=O)[nH]1. The highest BCUT2D eigenvalue weighted by molar-refractivity contribution is 5.49. The number of benzene rings is 1. The van der Waals surface area contributed by atoms with Crippen molar-refractivity contribution in [2.24, 2.45) is 5.92 Å². The lowest BCUT2D eigenvalue weighted by Crippen LogP contribution is -2.24. The molecule has 5 heterocycles. The fourth-order valence-corrected chi connectivity index (χ4v) is 5.97. The zero-order chi connectivity index (χ0) is 23.1. The van der Waals surface area contributed by atoms with Gasteiger partial charge < -0.3 is 14.6 Å². The molecule has 3 fully saturated rings. The summed E-state index contributed by atoms with van der Waals surface area (Å²) in [6, 6.07) is 9.00. The van der Waals surface area contributed by atoms with Crippen LogP contribution < -0.4 is 10.5 Å². The van der Waals surface area contributed by atoms with Crippen LogP contribution in [0.4, 0.5) is 5.69 Å². The molecule has 2 aromatic heterocycles. The molecule has 3 aliphatic rings. The number of anilines is 1. The number of nitrogens with zero attached hydrogens (tertiary/aromatic N) is 5. The minimum absolute atomic E-state index is 0.0974. The van der Waals surface area contributed by atoms with Gasteiger partial charge in [-0.25, -0.2) is 9.50 Å². The lowest BCUT2D eigenvalue weighted by atomic mass is 9.97. The van der Waals surface area contributed by atoms with E-state index in [1.54, 1.807) is 10.7 Å². The van der Waals surface area contributed by atoms with E-state index < -0.39 is 0 Å². The highest BCUT2D eigenvalue weighted by atomic mass is 16.5. The monoisotopic (exact) mass is 462 g/mol. The van der Waals surface area contributed by atoms with Gasteiger partial charge in [0, 0.05) is 63.5 Å². The van der Waals surface area contributed by atoms with E-state index in [9.17, 15) is 4.79 Å². The molecule has 1 N–H and O–H groups in total. The van der Waals surface area contributed by atoms with E-state index in [1.807, 2.05) is 0 Å². The van der Waals surface area contributed by atoms with Crippen LogP contribution in [0.2, 0.25) is 0 Å². The number of hydrogen-bond acceptors (Lipinski definition) is 6. The molecule has 3 aromatic rings. The van der Waals surface area contributed by atoms with Crippen molar-refractivity contribution in [2.45, 2.75) is 51.0 Å². The van der Waals surface area contributed by atoms with Gasteiger partial charge in [0.05, 0.1) is 6.20 Å². The summed E-state index contributed by atoms with van der Waals surface area (Å²) in [5, 5.41) is 4.94. The van der Waals surface area contributed by atoms with Crippen molar-refractivity contribution in [3.05, 3.63) is 58.0 Å². The van der Waals surface area contributed by atoms with Crippen LogP contribution in [-0.4, -0.2) is 63.9 Å². The molecule has 1 aromatic carbocycles. The topological polar surface area (TPSA) is 78.8 Å². The first kappa shape index (κ1) is 21.8. The van der Waals surface area contributed by atoms with Crippen LogP contribution >= 0.6 is 0 Å². The Morgan fingerprint density at radius 1 is 1.15 bits per heavy atom. The first-order chi connectivity index (χ1) is 16.7. The van der Waals surface area contributed by atoms with E-state index in [0.717, 1.165) is 70.4 Å². The smallest absolute Gasteiger partial charge is 0.276 e. The number of imidazole rings is 1. The Balaban J connectivity index is 1.22. The molecule has 8 nitrogen and oxygen atoms in total. The van der Waals surface area contributed by atoms with Crippen LogP contribution in [0, 0.1) is 5.92 Å². The van der Waals surface area contributed by atoms with E-state index in [-0.39, 0.29) is 11.5 Å². The Morgan fingerprint density at radius 3 is 2.79 bits per heavy atom. The summed E-state index contributed by atoms with van der Waals surface area (Å²) in [5.41, 5.74) is 3.13. The molecule has 6 rings (SSSR count). The summed E-state index contributed by atoms with van der Waals surface area (Å²) in [5.74, 6) is 2.58. The molecule has 0 radical (unpaired) electrons. The van der Waals surface area contributed by atoms with Crippen LogP contribution in [0.1, 0.15) is 61.7 Å². The van der Waals surface area contributed by atoms with Crippen LogP contribution in [-0.2, 0) is 11.3 Å². The summed E-state index contributed by atoms with van der Waals surface area (Å²) >= 11 is 0. The van der Waals surface area contributed by atoms with Gasteiger partial charge in [0.25, 0.3) is 5.56 Å². The first-order valence-electron chi connectivity index (χ1n) is 12.8. The van der Waals surface area contributed by atoms with Crippen molar-refractivity contribution >= 4 is 11.2 Å². The molecule has 8 heteroatoms. The maximum atomic E-state index is 12.9. The molecule has 0 saturated carbocycles. The molecule has 3 aliphatic heterocycles. The van der Waals surface area contributed by atoms with Gasteiger partial charge in [0.15, 0.2) is 5.52 Å². The molecule has 3 saturated heterocycles. The highest BCUT2D eigenvalue weighted by Gasteiger charge is 2.33. The fraction of sp³-hybridized carbons (Fsp3) is 0.577. The van der Waals surface area contributed by atoms with Gasteiger partial charge in [-0.1, -0.05) is 19.1 Å². The second-order valence-electron chi connectivity index (χ2n) is 10.3. The maximum absolute atomic E-state index is 12.9. The van der Waals surface area contributed by atoms with Crippen LogP contribution in [0.3, 0.4) is 0 Å². The number of rotatable bonds is 5. The van der Waals surface area contributed by atoms with Gasteiger partial charge in [-0.05, 0) is 49.3 Å². The highest BCUT2D eigenvalue weighted by Crippen LogP contribution is 2.32. The molecule has 34 heavy (non-hydrogen) atoms. The van der Waals surface area contributed by atoms with Crippen molar-refractivity contribution in [1.82, 2.24) is 24.5 Å². The number of likely N-dealkylation sites (tertiary alicyclic amines) is 1. The summed E-state index contributed by atoms with van der Waals surface area (Å²) < 4.78 is 7.32. The summed E-state index contributed by atoms with van der Waals surface area (Å²) in [6.45, 7) is 8.89. The first-order valence-corrected chi connectivity index (χ1v) is 12.8. The quantitative estimate of drug-likeness (QED) is 0.628. The third-order valence-electron chi connectivity index (χ3n) is 7.86. The molecule has 2 atom stereocenters. The van der Waals surface area contributed by atoms with Gasteiger partial charge in [-0.2, -0.15) is 5.10 Å². The largest absolute Gasteiger partial charge is 0.381 e. The van der Waals surface area contributed by atoms with Crippen molar-refractivity contribution in [3.8, 4) is 0 Å². The third-order valence-corrected chi connectivity index (χ3v) is 7.86. The Hall–Kier alpha value is -2.71. The molecule has 0 spiro atoms. The Labute approximate surface area is 199 Å². The summed E-state index contributed by atoms with van der Waals surface area (Å²) in [4.78, 5) is 25.6.